The van der Waals surface area contributed by atoms with E-state index in [4.69, 9.17) is 10.8 Å². The first-order valence-electron chi connectivity index (χ1n) is 4.04. The molecule has 84 valence electrons. The zero-order valence-electron chi connectivity index (χ0n) is 8.04. The third-order valence-corrected chi connectivity index (χ3v) is 2.66. The fourth-order valence-electron chi connectivity index (χ4n) is 1.01. The quantitative estimate of drug-likeness (QED) is 0.732. The van der Waals surface area contributed by atoms with Crippen molar-refractivity contribution in [3.63, 3.8) is 0 Å². The molecule has 0 aliphatic rings. The van der Waals surface area contributed by atoms with Gasteiger partial charge in [0, 0.05) is 18.9 Å². The number of nitrogens with two attached hydrogens (primary N) is 1. The lowest BCUT2D eigenvalue weighted by molar-refractivity contribution is 0.197. The van der Waals surface area contributed by atoms with Crippen LogP contribution in [-0.2, 0) is 16.3 Å². The molecular formula is C7H11N3O4S. The fourth-order valence-corrected chi connectivity index (χ4v) is 1.59. The predicted molar refractivity (Wildman–Crippen MR) is 53.5 cm³/mol. The van der Waals surface area contributed by atoms with E-state index in [1.807, 2.05) is 0 Å². The number of sulfone groups is 1. The Bertz CT molecular complexity index is 476. The number of imidazole rings is 1. The second-order valence-corrected chi connectivity index (χ2v) is 5.38. The summed E-state index contributed by atoms with van der Waals surface area (Å²) in [4.78, 5) is 14.3. The standard InChI is InChI=1S/C7H11N3O4S/c1-15(13,14)3-2-5-4-10(7(11)12)6(8)9-5/h4H,2-3H2,1H3,(H2,8,9)(H,11,12). The Morgan fingerprint density at radius 1 is 1.67 bits per heavy atom. The van der Waals surface area contributed by atoms with E-state index >= 15 is 0 Å². The Kier molecular flexibility index (Phi) is 2.98. The Labute approximate surface area is 86.5 Å². The van der Waals surface area contributed by atoms with Crippen LogP contribution in [0.2, 0.25) is 0 Å². The van der Waals surface area contributed by atoms with Crippen LogP contribution >= 0.6 is 0 Å². The third kappa shape index (κ3) is 3.24. The summed E-state index contributed by atoms with van der Waals surface area (Å²) >= 11 is 0. The molecule has 0 saturated heterocycles. The normalized spacial score (nSPS) is 11.5. The maximum absolute atomic E-state index is 10.8. The largest absolute Gasteiger partial charge is 0.464 e. The molecule has 0 bridgehead atoms. The molecule has 0 radical (unpaired) electrons. The molecule has 7 nitrogen and oxygen atoms in total. The molecule has 1 aromatic heterocycles. The zero-order valence-corrected chi connectivity index (χ0v) is 8.86. The van der Waals surface area contributed by atoms with Crippen molar-refractivity contribution < 1.29 is 18.3 Å². The molecule has 0 amide bonds. The SMILES string of the molecule is CS(=O)(=O)CCc1cn(C(=O)O)c(N)n1. The number of hydrogen-bond acceptors (Lipinski definition) is 5. The van der Waals surface area contributed by atoms with Gasteiger partial charge in [0.2, 0.25) is 5.95 Å². The van der Waals surface area contributed by atoms with Crippen molar-refractivity contribution in [3.05, 3.63) is 11.9 Å². The number of hydrogen-bond donors (Lipinski definition) is 2. The van der Waals surface area contributed by atoms with Crippen molar-refractivity contribution in [1.29, 1.82) is 0 Å². The molecule has 3 N–H and O–H groups in total. The average molecular weight is 233 g/mol. The molecule has 1 rings (SSSR count). The van der Waals surface area contributed by atoms with E-state index in [9.17, 15) is 13.2 Å². The molecule has 0 fully saturated rings. The lowest BCUT2D eigenvalue weighted by atomic mass is 10.4. The Morgan fingerprint density at radius 2 is 2.27 bits per heavy atom. The first kappa shape index (κ1) is 11.5. The van der Waals surface area contributed by atoms with Crippen molar-refractivity contribution in [2.75, 3.05) is 17.7 Å². The molecule has 0 spiro atoms. The summed E-state index contributed by atoms with van der Waals surface area (Å²) in [5.74, 6) is -0.241. The van der Waals surface area contributed by atoms with E-state index < -0.39 is 15.9 Å². The van der Waals surface area contributed by atoms with Gasteiger partial charge < -0.3 is 10.8 Å². The van der Waals surface area contributed by atoms with E-state index in [-0.39, 0.29) is 18.1 Å². The highest BCUT2D eigenvalue weighted by Gasteiger charge is 2.11. The summed E-state index contributed by atoms with van der Waals surface area (Å²) in [6.07, 6.45) is 1.22. The van der Waals surface area contributed by atoms with Crippen LogP contribution < -0.4 is 5.73 Å². The Balaban J connectivity index is 2.81. The number of nitrogen functional groups attached to an aromatic ring is 1. The molecule has 1 aromatic rings. The highest BCUT2D eigenvalue weighted by molar-refractivity contribution is 7.90. The number of carboxylic acid groups (broad SMARTS) is 1. The van der Waals surface area contributed by atoms with Gasteiger partial charge >= 0.3 is 6.09 Å². The van der Waals surface area contributed by atoms with Crippen LogP contribution in [0.5, 0.6) is 0 Å². The van der Waals surface area contributed by atoms with E-state index in [0.29, 0.717) is 5.69 Å². The summed E-state index contributed by atoms with van der Waals surface area (Å²) < 4.78 is 22.4. The lowest BCUT2D eigenvalue weighted by Crippen LogP contribution is -2.09. The minimum atomic E-state index is -3.08. The second kappa shape index (κ2) is 3.89. The molecule has 0 saturated carbocycles. The van der Waals surface area contributed by atoms with Gasteiger partial charge in [-0.2, -0.15) is 0 Å². The first-order chi connectivity index (χ1) is 6.79. The first-order valence-corrected chi connectivity index (χ1v) is 6.10. The van der Waals surface area contributed by atoms with Gasteiger partial charge in [-0.15, -0.1) is 0 Å². The average Bonchev–Trinajstić information content (AvgIpc) is 2.42. The van der Waals surface area contributed by atoms with E-state index in [0.717, 1.165) is 10.8 Å². The van der Waals surface area contributed by atoms with Crippen LogP contribution in [0.25, 0.3) is 0 Å². The molecule has 0 aliphatic carbocycles. The molecule has 8 heteroatoms. The van der Waals surface area contributed by atoms with Crippen molar-refractivity contribution >= 4 is 21.9 Å². The molecule has 1 heterocycles. The van der Waals surface area contributed by atoms with Gasteiger partial charge in [0.1, 0.15) is 9.84 Å². The van der Waals surface area contributed by atoms with Crippen LogP contribution in [0, 0.1) is 0 Å². The van der Waals surface area contributed by atoms with Crippen molar-refractivity contribution in [2.24, 2.45) is 0 Å². The Hall–Kier alpha value is -1.57. The number of rotatable bonds is 3. The molecule has 0 unspecified atom stereocenters. The smallest absolute Gasteiger partial charge is 0.418 e. The highest BCUT2D eigenvalue weighted by atomic mass is 32.2. The summed E-state index contributed by atoms with van der Waals surface area (Å²) in [5, 5.41) is 8.63. The van der Waals surface area contributed by atoms with Crippen molar-refractivity contribution in [2.45, 2.75) is 6.42 Å². The van der Waals surface area contributed by atoms with E-state index in [1.165, 1.54) is 6.20 Å². The van der Waals surface area contributed by atoms with Crippen LogP contribution in [0.4, 0.5) is 10.7 Å². The number of nitrogens with zero attached hydrogens (tertiary/aromatic N) is 2. The minimum absolute atomic E-state index is 0.0803. The summed E-state index contributed by atoms with van der Waals surface area (Å²) in [5.41, 5.74) is 5.65. The Morgan fingerprint density at radius 3 is 2.67 bits per heavy atom. The maximum atomic E-state index is 10.8. The van der Waals surface area contributed by atoms with Crippen LogP contribution in [0.1, 0.15) is 5.69 Å². The van der Waals surface area contributed by atoms with Gasteiger partial charge in [-0.3, -0.25) is 0 Å². The van der Waals surface area contributed by atoms with Gasteiger partial charge in [-0.1, -0.05) is 0 Å². The molecular weight excluding hydrogens is 222 g/mol. The van der Waals surface area contributed by atoms with Gasteiger partial charge in [0.25, 0.3) is 0 Å². The topological polar surface area (TPSA) is 115 Å². The minimum Gasteiger partial charge on any atom is -0.464 e. The highest BCUT2D eigenvalue weighted by Crippen LogP contribution is 2.06. The number of carbonyl (C=O) groups is 1. The third-order valence-electron chi connectivity index (χ3n) is 1.72. The maximum Gasteiger partial charge on any atom is 0.418 e. The molecule has 0 aliphatic heterocycles. The number of aryl methyl sites for hydroxylation is 1. The summed E-state index contributed by atoms with van der Waals surface area (Å²) in [7, 11) is -3.08. The van der Waals surface area contributed by atoms with Crippen molar-refractivity contribution in [3.8, 4) is 0 Å². The van der Waals surface area contributed by atoms with Crippen LogP contribution in [0.15, 0.2) is 6.20 Å². The summed E-state index contributed by atoms with van der Waals surface area (Å²) in [6.45, 7) is 0. The second-order valence-electron chi connectivity index (χ2n) is 3.12. The lowest BCUT2D eigenvalue weighted by Gasteiger charge is -1.93. The van der Waals surface area contributed by atoms with E-state index in [2.05, 4.69) is 4.98 Å². The summed E-state index contributed by atoms with van der Waals surface area (Å²) in [6, 6.07) is 0. The molecule has 15 heavy (non-hydrogen) atoms. The number of anilines is 1. The molecule has 0 aromatic carbocycles. The number of aromatic nitrogens is 2. The predicted octanol–water partition coefficient (Wildman–Crippen LogP) is -0.421. The van der Waals surface area contributed by atoms with Crippen molar-refractivity contribution in [1.82, 2.24) is 9.55 Å². The van der Waals surface area contributed by atoms with Gasteiger partial charge in [0.05, 0.1) is 11.4 Å². The van der Waals surface area contributed by atoms with Gasteiger partial charge in [0.15, 0.2) is 0 Å². The molecule has 0 atom stereocenters. The van der Waals surface area contributed by atoms with Crippen LogP contribution in [0.3, 0.4) is 0 Å². The monoisotopic (exact) mass is 233 g/mol. The fraction of sp³-hybridized carbons (Fsp3) is 0.429. The van der Waals surface area contributed by atoms with Crippen LogP contribution in [-0.4, -0.2) is 41.2 Å². The zero-order chi connectivity index (χ0) is 11.6. The van der Waals surface area contributed by atoms with E-state index in [1.54, 1.807) is 0 Å². The van der Waals surface area contributed by atoms with Gasteiger partial charge in [-0.25, -0.2) is 22.8 Å². The van der Waals surface area contributed by atoms with Gasteiger partial charge in [-0.05, 0) is 0 Å².